The average molecular weight is 411 g/mol. The van der Waals surface area contributed by atoms with E-state index in [0.717, 1.165) is 0 Å². The van der Waals surface area contributed by atoms with Gasteiger partial charge in [-0.3, -0.25) is 19.2 Å². The molecule has 0 aliphatic rings. The lowest BCUT2D eigenvalue weighted by atomic mass is 10.2. The zero-order valence-corrected chi connectivity index (χ0v) is 16.2. The van der Waals surface area contributed by atoms with Crippen LogP contribution in [0.25, 0.3) is 0 Å². The van der Waals surface area contributed by atoms with Crippen LogP contribution in [0.1, 0.15) is 12.8 Å². The summed E-state index contributed by atoms with van der Waals surface area (Å²) in [5, 5.41) is 2.33. The van der Waals surface area contributed by atoms with Crippen LogP contribution in [0.2, 0.25) is 0 Å². The van der Waals surface area contributed by atoms with Crippen LogP contribution in [0.4, 0.5) is 0 Å². The van der Waals surface area contributed by atoms with Gasteiger partial charge in [0.2, 0.25) is 5.91 Å². The van der Waals surface area contributed by atoms with Gasteiger partial charge >= 0.3 is 11.9 Å². The molecule has 0 unspecified atom stereocenters. The molecule has 26 heavy (non-hydrogen) atoms. The Morgan fingerprint density at radius 3 is 1.77 bits per heavy atom. The Kier molecular flexibility index (Phi) is 16.3. The van der Waals surface area contributed by atoms with E-state index in [1.165, 1.54) is 0 Å². The van der Waals surface area contributed by atoms with Crippen molar-refractivity contribution in [3.63, 3.8) is 0 Å². The van der Waals surface area contributed by atoms with Crippen molar-refractivity contribution in [1.29, 1.82) is 0 Å². The highest BCUT2D eigenvalue weighted by molar-refractivity contribution is 7.81. The predicted molar refractivity (Wildman–Crippen MR) is 98.5 cm³/mol. The average Bonchev–Trinajstić information content (AvgIpc) is 2.65. The van der Waals surface area contributed by atoms with Crippen molar-refractivity contribution < 1.29 is 38.1 Å². The molecule has 9 nitrogen and oxygen atoms in total. The zero-order valence-electron chi connectivity index (χ0n) is 14.4. The van der Waals surface area contributed by atoms with E-state index < -0.39 is 11.9 Å². The topological polar surface area (TPSA) is 117 Å². The van der Waals surface area contributed by atoms with Crippen LogP contribution < -0.4 is 5.32 Å². The van der Waals surface area contributed by atoms with E-state index in [-0.39, 0.29) is 69.0 Å². The highest BCUT2D eigenvalue weighted by Gasteiger charge is 2.07. The maximum absolute atomic E-state index is 11.3. The number of nitrogens with one attached hydrogen (secondary N) is 1. The minimum Gasteiger partial charge on any atom is -0.463 e. The molecule has 0 saturated heterocycles. The first-order chi connectivity index (χ1) is 12.5. The number of thiol groups is 2. The van der Waals surface area contributed by atoms with Gasteiger partial charge in [0.1, 0.15) is 25.5 Å². The summed E-state index contributed by atoms with van der Waals surface area (Å²) in [5.41, 5.74) is 0. The molecule has 1 N–H and O–H groups in total. The van der Waals surface area contributed by atoms with Crippen LogP contribution in [0.3, 0.4) is 0 Å². The van der Waals surface area contributed by atoms with Crippen LogP contribution in [0.5, 0.6) is 0 Å². The van der Waals surface area contributed by atoms with E-state index in [0.29, 0.717) is 13.2 Å². The number of rotatable bonds is 16. The standard InChI is InChI=1S/C15H25NO8S2/c17-12(10-25)1-2-14(19)23-7-5-21-3-4-22-6-8-24-15(20)9-16-13(18)11-26/h25-26H,1-11H2,(H,16,18). The van der Waals surface area contributed by atoms with Crippen molar-refractivity contribution in [1.82, 2.24) is 5.32 Å². The molecule has 0 aromatic rings. The molecule has 150 valence electrons. The summed E-state index contributed by atoms with van der Waals surface area (Å²) in [6, 6.07) is 0. The summed E-state index contributed by atoms with van der Waals surface area (Å²) >= 11 is 7.56. The lowest BCUT2D eigenvalue weighted by Gasteiger charge is -2.08. The Labute approximate surface area is 163 Å². The van der Waals surface area contributed by atoms with Crippen molar-refractivity contribution in [3.05, 3.63) is 0 Å². The Bertz CT molecular complexity index is 407. The van der Waals surface area contributed by atoms with E-state index in [1.807, 2.05) is 0 Å². The van der Waals surface area contributed by atoms with Gasteiger partial charge in [0.15, 0.2) is 0 Å². The number of Topliss-reactive ketones (excluding diaryl/α,β-unsaturated/α-hetero) is 1. The second-order valence-corrected chi connectivity index (χ2v) is 5.43. The van der Waals surface area contributed by atoms with Gasteiger partial charge in [-0.05, 0) is 0 Å². The van der Waals surface area contributed by atoms with Crippen molar-refractivity contribution in [2.75, 3.05) is 57.7 Å². The first-order valence-corrected chi connectivity index (χ1v) is 9.23. The lowest BCUT2D eigenvalue weighted by Crippen LogP contribution is -2.31. The molecule has 0 atom stereocenters. The summed E-state index contributed by atoms with van der Waals surface area (Å²) in [6.07, 6.45) is 0.169. The highest BCUT2D eigenvalue weighted by atomic mass is 32.1. The smallest absolute Gasteiger partial charge is 0.325 e. The normalized spacial score (nSPS) is 10.2. The number of hydrogen-bond donors (Lipinski definition) is 3. The molecular weight excluding hydrogens is 386 g/mol. The molecule has 0 aromatic heterocycles. The number of ether oxygens (including phenoxy) is 4. The summed E-state index contributed by atoms with van der Waals surface area (Å²) in [4.78, 5) is 44.3. The monoisotopic (exact) mass is 411 g/mol. The molecule has 0 bridgehead atoms. The van der Waals surface area contributed by atoms with Crippen molar-refractivity contribution >= 4 is 48.9 Å². The number of amides is 1. The summed E-state index contributed by atoms with van der Waals surface area (Å²) in [6.45, 7) is 0.963. The van der Waals surface area contributed by atoms with Gasteiger partial charge in [-0.15, -0.1) is 0 Å². The largest absolute Gasteiger partial charge is 0.463 e. The highest BCUT2D eigenvalue weighted by Crippen LogP contribution is 1.96. The maximum atomic E-state index is 11.3. The van der Waals surface area contributed by atoms with Gasteiger partial charge in [0, 0.05) is 12.2 Å². The SMILES string of the molecule is O=C(CS)CCC(=O)OCCOCCOCCOC(=O)CNC(=O)CS. The molecule has 0 spiro atoms. The maximum Gasteiger partial charge on any atom is 0.325 e. The lowest BCUT2D eigenvalue weighted by molar-refractivity contribution is -0.147. The first kappa shape index (κ1) is 24.7. The number of esters is 2. The second kappa shape index (κ2) is 17.1. The number of carbonyl (C=O) groups excluding carboxylic acids is 4. The third kappa shape index (κ3) is 16.2. The van der Waals surface area contributed by atoms with Gasteiger partial charge in [0.05, 0.1) is 38.6 Å². The number of hydrogen-bond acceptors (Lipinski definition) is 10. The predicted octanol–water partition coefficient (Wildman–Crippen LogP) is -0.569. The number of carbonyl (C=O) groups is 4. The Hall–Kier alpha value is -1.30. The van der Waals surface area contributed by atoms with Crippen LogP contribution in [-0.2, 0) is 38.1 Å². The summed E-state index contributed by atoms with van der Waals surface area (Å²) < 4.78 is 20.1. The summed E-state index contributed by atoms with van der Waals surface area (Å²) in [7, 11) is 0. The second-order valence-electron chi connectivity index (χ2n) is 4.80. The Morgan fingerprint density at radius 2 is 1.23 bits per heavy atom. The van der Waals surface area contributed by atoms with Crippen LogP contribution in [-0.4, -0.2) is 81.3 Å². The molecule has 0 rings (SSSR count). The molecule has 0 saturated carbocycles. The first-order valence-electron chi connectivity index (χ1n) is 7.96. The minimum atomic E-state index is -0.558. The molecule has 0 radical (unpaired) electrons. The van der Waals surface area contributed by atoms with Gasteiger partial charge in [-0.25, -0.2) is 0 Å². The van der Waals surface area contributed by atoms with Gasteiger partial charge in [-0.2, -0.15) is 25.3 Å². The van der Waals surface area contributed by atoms with Gasteiger partial charge in [0.25, 0.3) is 0 Å². The fourth-order valence-corrected chi connectivity index (χ4v) is 1.69. The minimum absolute atomic E-state index is 0.00529. The fraction of sp³-hybridized carbons (Fsp3) is 0.733. The van der Waals surface area contributed by atoms with Crippen molar-refractivity contribution in [2.24, 2.45) is 0 Å². The van der Waals surface area contributed by atoms with E-state index in [1.54, 1.807) is 0 Å². The Balaban J connectivity index is 3.33. The fourth-order valence-electron chi connectivity index (χ4n) is 1.42. The van der Waals surface area contributed by atoms with Crippen LogP contribution in [0.15, 0.2) is 0 Å². The molecule has 0 aliphatic heterocycles. The molecule has 1 amide bonds. The van der Waals surface area contributed by atoms with Gasteiger partial charge in [-0.1, -0.05) is 0 Å². The van der Waals surface area contributed by atoms with Gasteiger partial charge < -0.3 is 24.3 Å². The molecular formula is C15H25NO8S2. The summed E-state index contributed by atoms with van der Waals surface area (Å²) in [5.74, 6) is -1.35. The third-order valence-corrected chi connectivity index (χ3v) is 3.35. The molecule has 0 heterocycles. The Morgan fingerprint density at radius 1 is 0.692 bits per heavy atom. The number of ketones is 1. The van der Waals surface area contributed by atoms with E-state index in [9.17, 15) is 19.2 Å². The molecule has 0 aliphatic carbocycles. The molecule has 11 heteroatoms. The zero-order chi connectivity index (χ0) is 19.6. The van der Waals surface area contributed by atoms with E-state index in [4.69, 9.17) is 18.9 Å². The van der Waals surface area contributed by atoms with E-state index >= 15 is 0 Å². The third-order valence-electron chi connectivity index (χ3n) is 2.71. The molecule has 0 fully saturated rings. The van der Waals surface area contributed by atoms with Crippen LogP contribution >= 0.6 is 25.3 Å². The van der Waals surface area contributed by atoms with E-state index in [2.05, 4.69) is 30.6 Å². The molecule has 0 aromatic carbocycles. The van der Waals surface area contributed by atoms with Crippen LogP contribution in [0, 0.1) is 0 Å². The van der Waals surface area contributed by atoms with Crippen molar-refractivity contribution in [3.8, 4) is 0 Å². The quantitative estimate of drug-likeness (QED) is 0.176. The van der Waals surface area contributed by atoms with Crippen molar-refractivity contribution in [2.45, 2.75) is 12.8 Å².